The number of hydrogen-bond acceptors (Lipinski definition) is 5. The average molecular weight is 284 g/mol. The van der Waals surface area contributed by atoms with Crippen LogP contribution in [0.5, 0.6) is 0 Å². The fourth-order valence-electron chi connectivity index (χ4n) is 2.33. The molecule has 0 radical (unpaired) electrons. The van der Waals surface area contributed by atoms with E-state index in [2.05, 4.69) is 5.32 Å². The van der Waals surface area contributed by atoms with Crippen LogP contribution in [0.1, 0.15) is 33.8 Å². The first-order valence-electron chi connectivity index (χ1n) is 6.20. The molecule has 1 aromatic heterocycles. The topological polar surface area (TPSA) is 92.5 Å². The molecule has 0 bridgehead atoms. The van der Waals surface area contributed by atoms with Gasteiger partial charge in [-0.25, -0.2) is 0 Å². The van der Waals surface area contributed by atoms with Gasteiger partial charge in [-0.15, -0.1) is 11.3 Å². The lowest BCUT2D eigenvalue weighted by molar-refractivity contribution is -0.385. The minimum absolute atomic E-state index is 0.0175. The summed E-state index contributed by atoms with van der Waals surface area (Å²) in [4.78, 5) is 23.0. The minimum Gasteiger partial charge on any atom is -0.393 e. The van der Waals surface area contributed by atoms with E-state index in [9.17, 15) is 20.0 Å². The summed E-state index contributed by atoms with van der Waals surface area (Å²) < 4.78 is 0. The monoisotopic (exact) mass is 284 g/mol. The molecule has 0 aliphatic heterocycles. The van der Waals surface area contributed by atoms with Crippen LogP contribution in [0.15, 0.2) is 6.07 Å². The Morgan fingerprint density at radius 1 is 1.63 bits per heavy atom. The molecule has 1 aliphatic carbocycles. The first-order chi connectivity index (χ1) is 8.99. The molecule has 1 saturated carbocycles. The Kier molecular flexibility index (Phi) is 4.16. The highest BCUT2D eigenvalue weighted by Gasteiger charge is 2.26. The third-order valence-electron chi connectivity index (χ3n) is 3.46. The van der Waals surface area contributed by atoms with Crippen LogP contribution in [-0.4, -0.2) is 28.6 Å². The van der Waals surface area contributed by atoms with Gasteiger partial charge < -0.3 is 10.4 Å². The first-order valence-corrected chi connectivity index (χ1v) is 7.01. The number of aryl methyl sites for hydroxylation is 1. The highest BCUT2D eigenvalue weighted by molar-refractivity contribution is 7.14. The Labute approximate surface area is 114 Å². The minimum atomic E-state index is -0.483. The lowest BCUT2D eigenvalue weighted by Gasteiger charge is -2.14. The number of carbonyl (C=O) groups excluding carboxylic acids is 1. The summed E-state index contributed by atoms with van der Waals surface area (Å²) in [5, 5.41) is 23.1. The largest absolute Gasteiger partial charge is 0.393 e. The molecule has 1 aliphatic rings. The maximum Gasteiger partial charge on any atom is 0.283 e. The van der Waals surface area contributed by atoms with Crippen LogP contribution >= 0.6 is 11.3 Å². The molecule has 2 N–H and O–H groups in total. The van der Waals surface area contributed by atoms with Crippen LogP contribution in [-0.2, 0) is 0 Å². The number of aliphatic hydroxyl groups excluding tert-OH is 1. The second kappa shape index (κ2) is 5.66. The van der Waals surface area contributed by atoms with Gasteiger partial charge in [0.1, 0.15) is 0 Å². The van der Waals surface area contributed by atoms with Gasteiger partial charge in [0.25, 0.3) is 11.6 Å². The molecule has 2 unspecified atom stereocenters. The molecule has 2 rings (SSSR count). The number of thiophene rings is 1. The van der Waals surface area contributed by atoms with Gasteiger partial charge in [0.05, 0.1) is 20.8 Å². The van der Waals surface area contributed by atoms with Gasteiger partial charge in [0.15, 0.2) is 0 Å². The molecule has 7 heteroatoms. The molecular weight excluding hydrogens is 268 g/mol. The Morgan fingerprint density at radius 3 is 2.89 bits per heavy atom. The molecule has 0 aromatic carbocycles. The number of carbonyl (C=O) groups is 1. The maximum absolute atomic E-state index is 11.9. The number of nitrogens with zero attached hydrogens (tertiary/aromatic N) is 1. The van der Waals surface area contributed by atoms with E-state index >= 15 is 0 Å². The Bertz CT molecular complexity index is 500. The van der Waals surface area contributed by atoms with Crippen molar-refractivity contribution in [2.24, 2.45) is 5.92 Å². The molecule has 0 saturated heterocycles. The summed E-state index contributed by atoms with van der Waals surface area (Å²) in [5.74, 6) is -0.208. The summed E-state index contributed by atoms with van der Waals surface area (Å²) >= 11 is 1.12. The highest BCUT2D eigenvalue weighted by atomic mass is 32.1. The van der Waals surface area contributed by atoms with Crippen LogP contribution in [0.3, 0.4) is 0 Å². The van der Waals surface area contributed by atoms with Crippen molar-refractivity contribution in [3.8, 4) is 0 Å². The van der Waals surface area contributed by atoms with Crippen molar-refractivity contribution in [3.05, 3.63) is 25.9 Å². The van der Waals surface area contributed by atoms with Crippen molar-refractivity contribution in [1.82, 2.24) is 5.32 Å². The van der Waals surface area contributed by atoms with Crippen LogP contribution < -0.4 is 5.32 Å². The van der Waals surface area contributed by atoms with E-state index in [1.165, 1.54) is 6.07 Å². The van der Waals surface area contributed by atoms with Gasteiger partial charge in [0.2, 0.25) is 0 Å². The first kappa shape index (κ1) is 14.0. The Hall–Kier alpha value is -1.47. The van der Waals surface area contributed by atoms with E-state index < -0.39 is 4.92 Å². The van der Waals surface area contributed by atoms with E-state index in [1.54, 1.807) is 6.92 Å². The van der Waals surface area contributed by atoms with Gasteiger partial charge in [-0.3, -0.25) is 14.9 Å². The quantitative estimate of drug-likeness (QED) is 0.652. The van der Waals surface area contributed by atoms with Crippen molar-refractivity contribution < 1.29 is 14.8 Å². The summed E-state index contributed by atoms with van der Waals surface area (Å²) in [6.45, 7) is 2.05. The van der Waals surface area contributed by atoms with Gasteiger partial charge in [-0.05, 0) is 19.8 Å². The number of hydrogen-bond donors (Lipinski definition) is 2. The van der Waals surface area contributed by atoms with Crippen molar-refractivity contribution in [1.29, 1.82) is 0 Å². The van der Waals surface area contributed by atoms with Crippen molar-refractivity contribution >= 4 is 22.9 Å². The molecule has 2 atom stereocenters. The Morgan fingerprint density at radius 2 is 2.37 bits per heavy atom. The zero-order chi connectivity index (χ0) is 14.0. The van der Waals surface area contributed by atoms with Gasteiger partial charge in [-0.2, -0.15) is 0 Å². The number of aliphatic hydroxyl groups is 1. The Balaban J connectivity index is 1.96. The predicted octanol–water partition coefficient (Wildman–Crippen LogP) is 1.86. The molecule has 104 valence electrons. The normalized spacial score (nSPS) is 22.4. The van der Waals surface area contributed by atoms with Gasteiger partial charge in [0, 0.05) is 18.5 Å². The maximum atomic E-state index is 11.9. The van der Waals surface area contributed by atoms with E-state index in [4.69, 9.17) is 0 Å². The van der Waals surface area contributed by atoms with Crippen LogP contribution in [0.25, 0.3) is 0 Å². The highest BCUT2D eigenvalue weighted by Crippen LogP contribution is 2.28. The fourth-order valence-corrected chi connectivity index (χ4v) is 3.24. The van der Waals surface area contributed by atoms with Crippen LogP contribution in [0.4, 0.5) is 5.69 Å². The standard InChI is InChI=1S/C12H16N2O4S/c1-7-9(14(17)18)5-11(19-7)12(16)13-6-8-3-2-4-10(8)15/h5,8,10,15H,2-4,6H2,1H3,(H,13,16). The zero-order valence-corrected chi connectivity index (χ0v) is 11.4. The number of nitro groups is 1. The lowest BCUT2D eigenvalue weighted by atomic mass is 10.1. The molecule has 1 heterocycles. The summed E-state index contributed by atoms with van der Waals surface area (Å²) in [5.41, 5.74) is -0.0175. The van der Waals surface area contributed by atoms with Gasteiger partial charge >= 0.3 is 0 Å². The van der Waals surface area contributed by atoms with E-state index in [0.717, 1.165) is 30.6 Å². The third-order valence-corrected chi connectivity index (χ3v) is 4.49. The number of amides is 1. The summed E-state index contributed by atoms with van der Waals surface area (Å²) in [7, 11) is 0. The number of nitrogens with one attached hydrogen (secondary N) is 1. The van der Waals surface area contributed by atoms with Crippen LogP contribution in [0.2, 0.25) is 0 Å². The second-order valence-electron chi connectivity index (χ2n) is 4.78. The SMILES string of the molecule is Cc1sc(C(=O)NCC2CCCC2O)cc1[N+](=O)[O-]. The smallest absolute Gasteiger partial charge is 0.283 e. The molecule has 1 fully saturated rings. The predicted molar refractivity (Wildman–Crippen MR) is 71.4 cm³/mol. The fraction of sp³-hybridized carbons (Fsp3) is 0.583. The zero-order valence-electron chi connectivity index (χ0n) is 10.6. The average Bonchev–Trinajstić information content (AvgIpc) is 2.92. The molecule has 1 amide bonds. The van der Waals surface area contributed by atoms with E-state index in [0.29, 0.717) is 16.3 Å². The van der Waals surface area contributed by atoms with Gasteiger partial charge in [-0.1, -0.05) is 6.42 Å². The second-order valence-corrected chi connectivity index (χ2v) is 6.03. The molecule has 0 spiro atoms. The molecule has 19 heavy (non-hydrogen) atoms. The van der Waals surface area contributed by atoms with Crippen molar-refractivity contribution in [2.75, 3.05) is 6.54 Å². The lowest BCUT2D eigenvalue weighted by Crippen LogP contribution is -2.32. The molecule has 1 aromatic rings. The molecule has 6 nitrogen and oxygen atoms in total. The molecular formula is C12H16N2O4S. The van der Waals surface area contributed by atoms with Crippen molar-refractivity contribution in [3.63, 3.8) is 0 Å². The van der Waals surface area contributed by atoms with Crippen molar-refractivity contribution in [2.45, 2.75) is 32.3 Å². The van der Waals surface area contributed by atoms with Crippen LogP contribution in [0, 0.1) is 23.0 Å². The van der Waals surface area contributed by atoms with E-state index in [1.807, 2.05) is 0 Å². The number of rotatable bonds is 4. The summed E-state index contributed by atoms with van der Waals surface area (Å²) in [6.07, 6.45) is 2.32. The van der Waals surface area contributed by atoms with E-state index in [-0.39, 0.29) is 23.6 Å². The third kappa shape index (κ3) is 3.10. The summed E-state index contributed by atoms with van der Waals surface area (Å²) in [6, 6.07) is 1.31.